The Morgan fingerprint density at radius 3 is 2.63 bits per heavy atom. The monoisotopic (exact) mass is 256 g/mol. The Bertz CT molecular complexity index is 553. The van der Waals surface area contributed by atoms with Crippen molar-refractivity contribution in [2.75, 3.05) is 18.0 Å². The number of aromatic nitrogens is 3. The molecule has 0 atom stereocenters. The third-order valence-corrected chi connectivity index (χ3v) is 3.89. The van der Waals surface area contributed by atoms with Crippen molar-refractivity contribution in [2.45, 2.75) is 25.7 Å². The fraction of sp³-hybridized carbons (Fsp3) is 0.467. The quantitative estimate of drug-likeness (QED) is 0.828. The molecule has 2 aromatic rings. The van der Waals surface area contributed by atoms with E-state index in [2.05, 4.69) is 33.3 Å². The maximum atomic E-state index is 4.61. The van der Waals surface area contributed by atoms with Crippen LogP contribution < -0.4 is 4.90 Å². The lowest BCUT2D eigenvalue weighted by Crippen LogP contribution is -2.33. The number of nitrogens with zero attached hydrogens (tertiary/aromatic N) is 4. The van der Waals surface area contributed by atoms with Gasteiger partial charge in [0.2, 0.25) is 0 Å². The van der Waals surface area contributed by atoms with Gasteiger partial charge in [0.25, 0.3) is 0 Å². The number of anilines is 1. The predicted octanol–water partition coefficient (Wildman–Crippen LogP) is 2.51. The summed E-state index contributed by atoms with van der Waals surface area (Å²) in [5.74, 6) is 1.76. The van der Waals surface area contributed by atoms with Gasteiger partial charge in [0.15, 0.2) is 0 Å². The highest BCUT2D eigenvalue weighted by atomic mass is 15.2. The van der Waals surface area contributed by atoms with Gasteiger partial charge in [-0.3, -0.25) is 4.68 Å². The second-order valence-corrected chi connectivity index (χ2v) is 5.35. The van der Waals surface area contributed by atoms with Gasteiger partial charge < -0.3 is 4.90 Å². The van der Waals surface area contributed by atoms with Crippen molar-refractivity contribution in [2.24, 2.45) is 7.05 Å². The van der Waals surface area contributed by atoms with Crippen molar-refractivity contribution < 1.29 is 0 Å². The molecular formula is C15H20N4. The number of hydrogen-bond acceptors (Lipinski definition) is 3. The van der Waals surface area contributed by atoms with E-state index in [-0.39, 0.29) is 0 Å². The smallest absolute Gasteiger partial charge is 0.128 e. The zero-order valence-electron chi connectivity index (χ0n) is 11.6. The standard InChI is InChI=1S/C15H20N4/c1-12-4-3-5-15(17-12)19-8-6-13(7-9-19)14-10-16-18(2)11-14/h3-5,10-11,13H,6-9H2,1-2H3. The summed E-state index contributed by atoms with van der Waals surface area (Å²) < 4.78 is 1.89. The van der Waals surface area contributed by atoms with E-state index >= 15 is 0 Å². The molecule has 1 saturated heterocycles. The molecule has 1 fully saturated rings. The highest BCUT2D eigenvalue weighted by molar-refractivity contribution is 5.40. The molecule has 3 heterocycles. The second-order valence-electron chi connectivity index (χ2n) is 5.35. The van der Waals surface area contributed by atoms with Crippen LogP contribution in [0, 0.1) is 6.92 Å². The molecule has 0 unspecified atom stereocenters. The summed E-state index contributed by atoms with van der Waals surface area (Å²) in [5.41, 5.74) is 2.46. The molecule has 1 aliphatic rings. The van der Waals surface area contributed by atoms with Gasteiger partial charge in [-0.05, 0) is 43.4 Å². The first-order valence-electron chi connectivity index (χ1n) is 6.89. The summed E-state index contributed by atoms with van der Waals surface area (Å²) in [4.78, 5) is 7.00. The lowest BCUT2D eigenvalue weighted by Gasteiger charge is -2.32. The van der Waals surface area contributed by atoms with Crippen LogP contribution in [0.1, 0.15) is 30.0 Å². The number of rotatable bonds is 2. The molecule has 0 radical (unpaired) electrons. The minimum atomic E-state index is 0.648. The van der Waals surface area contributed by atoms with Crippen LogP contribution in [0.25, 0.3) is 0 Å². The van der Waals surface area contributed by atoms with Crippen LogP contribution >= 0.6 is 0 Å². The summed E-state index contributed by atoms with van der Waals surface area (Å²) in [5, 5.41) is 4.27. The van der Waals surface area contributed by atoms with E-state index in [0.717, 1.165) is 24.6 Å². The van der Waals surface area contributed by atoms with Gasteiger partial charge in [-0.1, -0.05) is 6.07 Å². The Morgan fingerprint density at radius 2 is 2.00 bits per heavy atom. The summed E-state index contributed by atoms with van der Waals surface area (Å²) in [6.45, 7) is 4.21. The van der Waals surface area contributed by atoms with E-state index in [9.17, 15) is 0 Å². The van der Waals surface area contributed by atoms with Crippen LogP contribution in [-0.4, -0.2) is 27.9 Å². The molecule has 100 valence electrons. The SMILES string of the molecule is Cc1cccc(N2CCC(c3cnn(C)c3)CC2)n1. The van der Waals surface area contributed by atoms with E-state index in [1.54, 1.807) is 0 Å². The Morgan fingerprint density at radius 1 is 1.21 bits per heavy atom. The second kappa shape index (κ2) is 5.03. The van der Waals surface area contributed by atoms with Crippen molar-refractivity contribution >= 4 is 5.82 Å². The highest BCUT2D eigenvalue weighted by Crippen LogP contribution is 2.29. The number of pyridine rings is 1. The van der Waals surface area contributed by atoms with E-state index in [0.29, 0.717) is 5.92 Å². The molecule has 0 spiro atoms. The summed E-state index contributed by atoms with van der Waals surface area (Å²) in [6.07, 6.45) is 6.51. The van der Waals surface area contributed by atoms with Crippen LogP contribution in [0.15, 0.2) is 30.6 Å². The van der Waals surface area contributed by atoms with E-state index in [1.165, 1.54) is 18.4 Å². The van der Waals surface area contributed by atoms with Crippen LogP contribution in [0.4, 0.5) is 5.82 Å². The van der Waals surface area contributed by atoms with E-state index < -0.39 is 0 Å². The molecular weight excluding hydrogens is 236 g/mol. The average molecular weight is 256 g/mol. The topological polar surface area (TPSA) is 34.0 Å². The Balaban J connectivity index is 1.66. The maximum absolute atomic E-state index is 4.61. The first-order valence-corrected chi connectivity index (χ1v) is 6.89. The van der Waals surface area contributed by atoms with Gasteiger partial charge >= 0.3 is 0 Å². The lowest BCUT2D eigenvalue weighted by atomic mass is 9.91. The number of aryl methyl sites for hydroxylation is 2. The maximum Gasteiger partial charge on any atom is 0.128 e. The Labute approximate surface area is 114 Å². The van der Waals surface area contributed by atoms with Gasteiger partial charge in [-0.25, -0.2) is 4.98 Å². The van der Waals surface area contributed by atoms with E-state index in [1.807, 2.05) is 30.9 Å². The third kappa shape index (κ3) is 2.62. The van der Waals surface area contributed by atoms with Gasteiger partial charge in [0.05, 0.1) is 6.20 Å². The van der Waals surface area contributed by atoms with Crippen molar-refractivity contribution in [1.82, 2.24) is 14.8 Å². The largest absolute Gasteiger partial charge is 0.357 e. The minimum Gasteiger partial charge on any atom is -0.357 e. The lowest BCUT2D eigenvalue weighted by molar-refractivity contribution is 0.502. The fourth-order valence-electron chi connectivity index (χ4n) is 2.80. The molecule has 4 nitrogen and oxygen atoms in total. The molecule has 0 saturated carbocycles. The van der Waals surface area contributed by atoms with Crippen LogP contribution in [0.3, 0.4) is 0 Å². The average Bonchev–Trinajstić information content (AvgIpc) is 2.86. The van der Waals surface area contributed by atoms with Crippen LogP contribution in [-0.2, 0) is 7.05 Å². The molecule has 0 bridgehead atoms. The van der Waals surface area contributed by atoms with Crippen LogP contribution in [0.2, 0.25) is 0 Å². The van der Waals surface area contributed by atoms with Crippen molar-refractivity contribution in [3.63, 3.8) is 0 Å². The first kappa shape index (κ1) is 12.2. The van der Waals surface area contributed by atoms with Crippen molar-refractivity contribution in [3.8, 4) is 0 Å². The zero-order chi connectivity index (χ0) is 13.2. The number of piperidine rings is 1. The van der Waals surface area contributed by atoms with Gasteiger partial charge in [-0.2, -0.15) is 5.10 Å². The Hall–Kier alpha value is -1.84. The molecule has 3 rings (SSSR count). The zero-order valence-corrected chi connectivity index (χ0v) is 11.6. The molecule has 0 aliphatic carbocycles. The number of hydrogen-bond donors (Lipinski definition) is 0. The first-order chi connectivity index (χ1) is 9.22. The normalized spacial score (nSPS) is 16.8. The van der Waals surface area contributed by atoms with Crippen molar-refractivity contribution in [1.29, 1.82) is 0 Å². The molecule has 2 aromatic heterocycles. The molecule has 0 amide bonds. The summed E-state index contributed by atoms with van der Waals surface area (Å²) in [7, 11) is 1.98. The molecule has 0 aromatic carbocycles. The minimum absolute atomic E-state index is 0.648. The Kier molecular flexibility index (Phi) is 3.23. The summed E-state index contributed by atoms with van der Waals surface area (Å²) in [6, 6.07) is 6.24. The predicted molar refractivity (Wildman–Crippen MR) is 76.4 cm³/mol. The van der Waals surface area contributed by atoms with E-state index in [4.69, 9.17) is 0 Å². The van der Waals surface area contributed by atoms with Crippen molar-refractivity contribution in [3.05, 3.63) is 41.9 Å². The van der Waals surface area contributed by atoms with Gasteiger partial charge in [-0.15, -0.1) is 0 Å². The molecule has 19 heavy (non-hydrogen) atoms. The summed E-state index contributed by atoms with van der Waals surface area (Å²) >= 11 is 0. The molecule has 1 aliphatic heterocycles. The molecule has 0 N–H and O–H groups in total. The highest BCUT2D eigenvalue weighted by Gasteiger charge is 2.22. The third-order valence-electron chi connectivity index (χ3n) is 3.89. The van der Waals surface area contributed by atoms with Crippen LogP contribution in [0.5, 0.6) is 0 Å². The fourth-order valence-corrected chi connectivity index (χ4v) is 2.80. The van der Waals surface area contributed by atoms with Gasteiger partial charge in [0, 0.05) is 32.0 Å². The molecule has 4 heteroatoms. The van der Waals surface area contributed by atoms with Gasteiger partial charge in [0.1, 0.15) is 5.82 Å².